The van der Waals surface area contributed by atoms with Gasteiger partial charge in [-0.25, -0.2) is 4.68 Å². The molecule has 1 N–H and O–H groups in total. The highest BCUT2D eigenvalue weighted by molar-refractivity contribution is 7.08. The average molecular weight is 381 g/mol. The predicted molar refractivity (Wildman–Crippen MR) is 98.5 cm³/mol. The van der Waals surface area contributed by atoms with Crippen LogP contribution in [0.25, 0.3) is 17.1 Å². The molecule has 0 saturated heterocycles. The van der Waals surface area contributed by atoms with Crippen LogP contribution in [0.1, 0.15) is 17.9 Å². The fraction of sp³-hybridized carbons (Fsp3) is 0.176. The summed E-state index contributed by atoms with van der Waals surface area (Å²) in [6.45, 7) is 1.93. The number of aromatic nitrogens is 6. The molecule has 0 atom stereocenters. The number of carbonyl (C=O) groups is 1. The van der Waals surface area contributed by atoms with Crippen LogP contribution in [-0.2, 0) is 11.2 Å². The molecule has 0 aliphatic rings. The average Bonchev–Trinajstić information content (AvgIpc) is 3.41. The summed E-state index contributed by atoms with van der Waals surface area (Å²) in [5.41, 5.74) is 3.42. The number of tetrazole rings is 1. The third kappa shape index (κ3) is 3.90. The number of hydrogen-bond acceptors (Lipinski definition) is 8. The van der Waals surface area contributed by atoms with Gasteiger partial charge in [0.05, 0.1) is 5.69 Å². The maximum atomic E-state index is 12.2. The van der Waals surface area contributed by atoms with Gasteiger partial charge in [0.1, 0.15) is 6.33 Å². The van der Waals surface area contributed by atoms with Crippen molar-refractivity contribution in [2.75, 3.05) is 5.32 Å². The Hall–Kier alpha value is -3.40. The molecule has 0 aliphatic heterocycles. The van der Waals surface area contributed by atoms with Crippen LogP contribution in [0.3, 0.4) is 0 Å². The second kappa shape index (κ2) is 7.46. The number of anilines is 1. The first-order valence-corrected chi connectivity index (χ1v) is 9.12. The molecule has 9 nitrogen and oxygen atoms in total. The number of amides is 1. The summed E-state index contributed by atoms with van der Waals surface area (Å²) in [5, 5.41) is 21.8. The lowest BCUT2D eigenvalue weighted by atomic mass is 10.1. The first-order chi connectivity index (χ1) is 13.2. The Bertz CT molecular complexity index is 1040. The number of nitrogens with zero attached hydrogens (tertiary/aromatic N) is 6. The number of hydrogen-bond donors (Lipinski definition) is 1. The van der Waals surface area contributed by atoms with Crippen LogP contribution in [0.4, 0.5) is 5.69 Å². The van der Waals surface area contributed by atoms with E-state index in [9.17, 15) is 4.79 Å². The largest absolute Gasteiger partial charge is 0.339 e. The van der Waals surface area contributed by atoms with Gasteiger partial charge in [-0.3, -0.25) is 4.79 Å². The maximum Gasteiger partial charge on any atom is 0.227 e. The third-order valence-corrected chi connectivity index (χ3v) is 4.57. The Morgan fingerprint density at radius 3 is 3.00 bits per heavy atom. The molecule has 1 aromatic carbocycles. The second-order valence-corrected chi connectivity index (χ2v) is 6.61. The molecule has 10 heteroatoms. The van der Waals surface area contributed by atoms with Crippen LogP contribution in [0.5, 0.6) is 0 Å². The SMILES string of the molecule is Cc1cc(NC(=O)CCc2nc(-c3ccsc3)no2)ccc1-n1cnnn1. The van der Waals surface area contributed by atoms with Crippen molar-refractivity contribution in [1.82, 2.24) is 30.3 Å². The van der Waals surface area contributed by atoms with Gasteiger partial charge in [0.2, 0.25) is 17.6 Å². The molecule has 0 bridgehead atoms. The van der Waals surface area contributed by atoms with Crippen LogP contribution in [0, 0.1) is 6.92 Å². The van der Waals surface area contributed by atoms with E-state index in [-0.39, 0.29) is 12.3 Å². The first kappa shape index (κ1) is 17.0. The summed E-state index contributed by atoms with van der Waals surface area (Å²) in [6, 6.07) is 7.46. The summed E-state index contributed by atoms with van der Waals surface area (Å²) >= 11 is 1.57. The lowest BCUT2D eigenvalue weighted by Crippen LogP contribution is -2.13. The molecule has 0 saturated carbocycles. The minimum Gasteiger partial charge on any atom is -0.339 e. The molecule has 3 heterocycles. The smallest absolute Gasteiger partial charge is 0.227 e. The maximum absolute atomic E-state index is 12.2. The molecule has 0 unspecified atom stereocenters. The van der Waals surface area contributed by atoms with E-state index in [0.29, 0.717) is 23.8 Å². The molecule has 0 spiro atoms. The van der Waals surface area contributed by atoms with Gasteiger partial charge in [-0.05, 0) is 52.6 Å². The third-order valence-electron chi connectivity index (χ3n) is 3.89. The summed E-state index contributed by atoms with van der Waals surface area (Å²) in [5.74, 6) is 0.858. The standard InChI is InChI=1S/C17H15N7O2S/c1-11-8-13(2-3-14(11)24-10-18-22-23-24)19-15(25)4-5-16-20-17(21-26-16)12-6-7-27-9-12/h2-3,6-10H,4-5H2,1H3,(H,19,25). The van der Waals surface area contributed by atoms with Crippen molar-refractivity contribution in [3.63, 3.8) is 0 Å². The van der Waals surface area contributed by atoms with Crippen molar-refractivity contribution in [2.24, 2.45) is 0 Å². The van der Waals surface area contributed by atoms with E-state index in [1.807, 2.05) is 41.9 Å². The van der Waals surface area contributed by atoms with Crippen LogP contribution < -0.4 is 5.32 Å². The number of benzene rings is 1. The number of carbonyl (C=O) groups excluding carboxylic acids is 1. The number of nitrogens with one attached hydrogen (secondary N) is 1. The van der Waals surface area contributed by atoms with E-state index in [2.05, 4.69) is 31.0 Å². The molecule has 1 amide bonds. The van der Waals surface area contributed by atoms with Gasteiger partial charge in [-0.1, -0.05) is 5.16 Å². The zero-order valence-electron chi connectivity index (χ0n) is 14.4. The fourth-order valence-corrected chi connectivity index (χ4v) is 3.21. The monoisotopic (exact) mass is 381 g/mol. The molecule has 4 aromatic rings. The Kier molecular flexibility index (Phi) is 4.71. The predicted octanol–water partition coefficient (Wildman–Crippen LogP) is 2.65. The van der Waals surface area contributed by atoms with Gasteiger partial charge in [0.15, 0.2) is 0 Å². The highest BCUT2D eigenvalue weighted by atomic mass is 32.1. The summed E-state index contributed by atoms with van der Waals surface area (Å²) in [7, 11) is 0. The van der Waals surface area contributed by atoms with Crippen LogP contribution in [0.15, 0.2) is 45.9 Å². The molecule has 27 heavy (non-hydrogen) atoms. The van der Waals surface area contributed by atoms with Gasteiger partial charge in [0.25, 0.3) is 0 Å². The van der Waals surface area contributed by atoms with Gasteiger partial charge in [-0.2, -0.15) is 16.3 Å². The minimum atomic E-state index is -0.125. The number of thiophene rings is 1. The highest BCUT2D eigenvalue weighted by Gasteiger charge is 2.12. The van der Waals surface area contributed by atoms with Crippen molar-refractivity contribution in [1.29, 1.82) is 0 Å². The van der Waals surface area contributed by atoms with Gasteiger partial charge in [0, 0.05) is 29.5 Å². The lowest BCUT2D eigenvalue weighted by molar-refractivity contribution is -0.116. The zero-order chi connectivity index (χ0) is 18.6. The van der Waals surface area contributed by atoms with E-state index in [0.717, 1.165) is 16.8 Å². The van der Waals surface area contributed by atoms with Crippen molar-refractivity contribution in [3.8, 4) is 17.1 Å². The van der Waals surface area contributed by atoms with E-state index in [4.69, 9.17) is 4.52 Å². The Labute approximate surface area is 158 Å². The van der Waals surface area contributed by atoms with Gasteiger partial charge >= 0.3 is 0 Å². The Balaban J connectivity index is 1.35. The molecule has 3 aromatic heterocycles. The molecule has 4 rings (SSSR count). The highest BCUT2D eigenvalue weighted by Crippen LogP contribution is 2.20. The van der Waals surface area contributed by atoms with Crippen LogP contribution >= 0.6 is 11.3 Å². The fourth-order valence-electron chi connectivity index (χ4n) is 2.57. The molecule has 0 aliphatic carbocycles. The first-order valence-electron chi connectivity index (χ1n) is 8.18. The lowest BCUT2D eigenvalue weighted by Gasteiger charge is -2.08. The Morgan fingerprint density at radius 2 is 2.26 bits per heavy atom. The quantitative estimate of drug-likeness (QED) is 0.546. The molecule has 136 valence electrons. The van der Waals surface area contributed by atoms with E-state index in [1.54, 1.807) is 16.0 Å². The summed E-state index contributed by atoms with van der Waals surface area (Å²) in [4.78, 5) is 16.5. The summed E-state index contributed by atoms with van der Waals surface area (Å²) < 4.78 is 6.78. The molecule has 0 fully saturated rings. The number of rotatable bonds is 6. The molecule has 0 radical (unpaired) electrons. The van der Waals surface area contributed by atoms with Crippen molar-refractivity contribution >= 4 is 22.9 Å². The van der Waals surface area contributed by atoms with Crippen molar-refractivity contribution in [3.05, 3.63) is 52.8 Å². The zero-order valence-corrected chi connectivity index (χ0v) is 15.2. The Morgan fingerprint density at radius 1 is 1.33 bits per heavy atom. The second-order valence-electron chi connectivity index (χ2n) is 5.83. The van der Waals surface area contributed by atoms with Crippen LogP contribution in [-0.4, -0.2) is 36.3 Å². The van der Waals surface area contributed by atoms with Crippen LogP contribution in [0.2, 0.25) is 0 Å². The normalized spacial score (nSPS) is 10.9. The van der Waals surface area contributed by atoms with Crippen molar-refractivity contribution < 1.29 is 9.32 Å². The summed E-state index contributed by atoms with van der Waals surface area (Å²) in [6.07, 6.45) is 2.15. The topological polar surface area (TPSA) is 112 Å². The molecular weight excluding hydrogens is 366 g/mol. The van der Waals surface area contributed by atoms with E-state index < -0.39 is 0 Å². The van der Waals surface area contributed by atoms with Crippen molar-refractivity contribution in [2.45, 2.75) is 19.8 Å². The van der Waals surface area contributed by atoms with E-state index in [1.165, 1.54) is 6.33 Å². The van der Waals surface area contributed by atoms with Gasteiger partial charge in [-0.15, -0.1) is 5.10 Å². The van der Waals surface area contributed by atoms with Gasteiger partial charge < -0.3 is 9.84 Å². The molecular formula is C17H15N7O2S. The van der Waals surface area contributed by atoms with E-state index >= 15 is 0 Å². The minimum absolute atomic E-state index is 0.125. The number of aryl methyl sites for hydroxylation is 2.